The molecule has 0 aromatic heterocycles. The summed E-state index contributed by atoms with van der Waals surface area (Å²) in [6.45, 7) is 0.943. The molecule has 1 N–H and O–H groups in total. The van der Waals surface area contributed by atoms with E-state index in [2.05, 4.69) is 36.4 Å². The van der Waals surface area contributed by atoms with Gasteiger partial charge in [0.15, 0.2) is 6.29 Å². The summed E-state index contributed by atoms with van der Waals surface area (Å²) in [6, 6.07) is 60.5. The minimum Gasteiger partial charge on any atom is -0.368 e. The molecule has 1 saturated heterocycles. The van der Waals surface area contributed by atoms with E-state index in [1.165, 1.54) is 0 Å². The summed E-state index contributed by atoms with van der Waals surface area (Å²) in [6.07, 6.45) is -4.26. The Morgan fingerprint density at radius 1 is 0.423 bits per heavy atom. The van der Waals surface area contributed by atoms with E-state index >= 15 is 0 Å². The zero-order valence-corrected chi connectivity index (χ0v) is 29.0. The van der Waals surface area contributed by atoms with E-state index in [0.717, 1.165) is 33.4 Å². The Balaban J connectivity index is 1.25. The molecule has 6 aromatic carbocycles. The van der Waals surface area contributed by atoms with Crippen LogP contribution in [0.1, 0.15) is 33.4 Å². The first kappa shape index (κ1) is 35.5. The van der Waals surface area contributed by atoms with Gasteiger partial charge in [-0.05, 0) is 33.4 Å². The molecule has 0 bridgehead atoms. The first-order valence-electron chi connectivity index (χ1n) is 17.8. The molecule has 0 aliphatic carbocycles. The molecule has 0 radical (unpaired) electrons. The fraction of sp³-hybridized carbons (Fsp3) is 0.217. The highest BCUT2D eigenvalue weighted by atomic mass is 16.7. The summed E-state index contributed by atoms with van der Waals surface area (Å²) < 4.78 is 33.6. The van der Waals surface area contributed by atoms with Crippen LogP contribution in [0.4, 0.5) is 0 Å². The molecule has 7 rings (SSSR count). The molecule has 0 unspecified atom stereocenters. The lowest BCUT2D eigenvalue weighted by atomic mass is 9.80. The number of hydrogen-bond acceptors (Lipinski definition) is 6. The summed E-state index contributed by atoms with van der Waals surface area (Å²) in [5, 5.41) is 11.7. The topological polar surface area (TPSA) is 66.4 Å². The summed E-state index contributed by atoms with van der Waals surface area (Å²) in [4.78, 5) is 0. The van der Waals surface area contributed by atoms with Gasteiger partial charge in [0.2, 0.25) is 0 Å². The Bertz CT molecular complexity index is 1800. The molecule has 6 aromatic rings. The van der Waals surface area contributed by atoms with Crippen molar-refractivity contribution in [2.75, 3.05) is 6.61 Å². The third-order valence-electron chi connectivity index (χ3n) is 9.47. The van der Waals surface area contributed by atoms with Gasteiger partial charge in [0, 0.05) is 0 Å². The van der Waals surface area contributed by atoms with Crippen LogP contribution in [0.2, 0.25) is 0 Å². The molecule has 0 amide bonds. The molecule has 0 spiro atoms. The van der Waals surface area contributed by atoms with Crippen molar-refractivity contribution in [3.8, 4) is 0 Å². The van der Waals surface area contributed by atoms with Gasteiger partial charge in [0.25, 0.3) is 0 Å². The zero-order chi connectivity index (χ0) is 35.4. The minimum atomic E-state index is -1.31. The normalized spacial score (nSPS) is 20.4. The molecular weight excluding hydrogens is 649 g/mol. The summed E-state index contributed by atoms with van der Waals surface area (Å²) >= 11 is 0. The Hall–Kier alpha value is -4.92. The highest BCUT2D eigenvalue weighted by Crippen LogP contribution is 2.41. The molecule has 1 aliphatic rings. The second kappa shape index (κ2) is 17.5. The van der Waals surface area contributed by atoms with Crippen LogP contribution in [0.5, 0.6) is 0 Å². The standard InChI is InChI=1S/C46H44O6/c47-45-44(50-33-37-23-11-3-12-24-37)43(49-32-36-21-9-2-10-22-36)42(48-31-35-19-7-1-8-20-35)41(52-45)34-51-46(38-25-13-4-14-26-38,39-27-15-5-16-28-39)40-29-17-6-18-30-40/h1-30,41-45,47H,31-34H2/t41-,42-,43+,44-,45+/m1/s1. The van der Waals surface area contributed by atoms with Gasteiger partial charge in [-0.25, -0.2) is 0 Å². The van der Waals surface area contributed by atoms with Crippen LogP contribution in [-0.2, 0) is 49.1 Å². The number of ether oxygens (including phenoxy) is 5. The van der Waals surface area contributed by atoms with Crippen molar-refractivity contribution in [1.82, 2.24) is 0 Å². The van der Waals surface area contributed by atoms with Crippen molar-refractivity contribution in [3.63, 3.8) is 0 Å². The fourth-order valence-corrected chi connectivity index (χ4v) is 6.87. The minimum absolute atomic E-state index is 0.0752. The third kappa shape index (κ3) is 8.41. The third-order valence-corrected chi connectivity index (χ3v) is 9.47. The van der Waals surface area contributed by atoms with Crippen LogP contribution in [0, 0.1) is 0 Å². The smallest absolute Gasteiger partial charge is 0.184 e. The first-order valence-corrected chi connectivity index (χ1v) is 17.8. The second-order valence-electron chi connectivity index (χ2n) is 12.9. The van der Waals surface area contributed by atoms with Crippen LogP contribution in [-0.4, -0.2) is 42.4 Å². The van der Waals surface area contributed by atoms with Crippen LogP contribution >= 0.6 is 0 Å². The summed E-state index contributed by atoms with van der Waals surface area (Å²) in [5.74, 6) is 0. The molecule has 1 aliphatic heterocycles. The Morgan fingerprint density at radius 2 is 0.750 bits per heavy atom. The van der Waals surface area contributed by atoms with Gasteiger partial charge in [-0.15, -0.1) is 0 Å². The van der Waals surface area contributed by atoms with Gasteiger partial charge < -0.3 is 28.8 Å². The molecule has 5 atom stereocenters. The first-order chi connectivity index (χ1) is 25.7. The van der Waals surface area contributed by atoms with Crippen molar-refractivity contribution < 1.29 is 28.8 Å². The monoisotopic (exact) mass is 692 g/mol. The molecule has 0 saturated carbocycles. The van der Waals surface area contributed by atoms with Gasteiger partial charge in [-0.2, -0.15) is 0 Å². The predicted molar refractivity (Wildman–Crippen MR) is 201 cm³/mol. The van der Waals surface area contributed by atoms with E-state index < -0.39 is 36.3 Å². The average Bonchev–Trinajstić information content (AvgIpc) is 3.22. The van der Waals surface area contributed by atoms with E-state index in [9.17, 15) is 5.11 Å². The van der Waals surface area contributed by atoms with E-state index in [0.29, 0.717) is 13.2 Å². The number of aliphatic hydroxyl groups excluding tert-OH is 1. The quantitative estimate of drug-likeness (QED) is 0.109. The maximum Gasteiger partial charge on any atom is 0.184 e. The van der Waals surface area contributed by atoms with Crippen molar-refractivity contribution in [2.24, 2.45) is 0 Å². The van der Waals surface area contributed by atoms with Crippen LogP contribution in [0.3, 0.4) is 0 Å². The zero-order valence-electron chi connectivity index (χ0n) is 29.0. The van der Waals surface area contributed by atoms with Crippen molar-refractivity contribution in [2.45, 2.75) is 56.1 Å². The maximum absolute atomic E-state index is 11.7. The van der Waals surface area contributed by atoms with E-state index in [4.69, 9.17) is 23.7 Å². The average molecular weight is 693 g/mol. The van der Waals surface area contributed by atoms with Crippen molar-refractivity contribution in [3.05, 3.63) is 215 Å². The second-order valence-corrected chi connectivity index (χ2v) is 12.9. The molecule has 1 heterocycles. The van der Waals surface area contributed by atoms with E-state index in [1.54, 1.807) is 0 Å². The molecule has 6 heteroatoms. The lowest BCUT2D eigenvalue weighted by Gasteiger charge is -2.45. The van der Waals surface area contributed by atoms with Gasteiger partial charge in [0.1, 0.15) is 30.0 Å². The number of benzene rings is 6. The van der Waals surface area contributed by atoms with Gasteiger partial charge >= 0.3 is 0 Å². The van der Waals surface area contributed by atoms with Gasteiger partial charge in [0.05, 0.1) is 26.4 Å². The predicted octanol–water partition coefficient (Wildman–Crippen LogP) is 8.47. The molecule has 1 fully saturated rings. The lowest BCUT2D eigenvalue weighted by molar-refractivity contribution is -0.319. The van der Waals surface area contributed by atoms with Crippen LogP contribution < -0.4 is 0 Å². The summed E-state index contributed by atoms with van der Waals surface area (Å²) in [5.41, 5.74) is 4.87. The Morgan fingerprint density at radius 3 is 1.13 bits per heavy atom. The number of rotatable bonds is 15. The maximum atomic E-state index is 11.7. The highest BCUT2D eigenvalue weighted by molar-refractivity contribution is 5.47. The SMILES string of the molecule is O[C@H]1O[C@H](COC(c2ccccc2)(c2ccccc2)c2ccccc2)[C@@H](OCc2ccccc2)[C@H](OCc2ccccc2)[C@H]1OCc1ccccc1. The van der Waals surface area contributed by atoms with E-state index in [1.807, 2.05) is 146 Å². The highest BCUT2D eigenvalue weighted by Gasteiger charge is 2.49. The lowest BCUT2D eigenvalue weighted by Crippen LogP contribution is -2.61. The van der Waals surface area contributed by atoms with Gasteiger partial charge in [-0.3, -0.25) is 0 Å². The Labute approximate surface area is 306 Å². The molecule has 52 heavy (non-hydrogen) atoms. The van der Waals surface area contributed by atoms with Crippen LogP contribution in [0.25, 0.3) is 0 Å². The fourth-order valence-electron chi connectivity index (χ4n) is 6.87. The number of aliphatic hydroxyl groups is 1. The molecular formula is C46H44O6. The van der Waals surface area contributed by atoms with Gasteiger partial charge in [-0.1, -0.05) is 182 Å². The van der Waals surface area contributed by atoms with Crippen LogP contribution in [0.15, 0.2) is 182 Å². The molecule has 6 nitrogen and oxygen atoms in total. The van der Waals surface area contributed by atoms with E-state index in [-0.39, 0.29) is 13.2 Å². The van der Waals surface area contributed by atoms with Crippen molar-refractivity contribution in [1.29, 1.82) is 0 Å². The molecule has 264 valence electrons. The summed E-state index contributed by atoms with van der Waals surface area (Å²) in [7, 11) is 0. The number of hydrogen-bond donors (Lipinski definition) is 1. The largest absolute Gasteiger partial charge is 0.368 e. The Kier molecular flexibility index (Phi) is 12.0. The van der Waals surface area contributed by atoms with Crippen molar-refractivity contribution >= 4 is 0 Å².